The molecular formula is C19H23N7O2. The lowest BCUT2D eigenvalue weighted by molar-refractivity contribution is 0.252. The maximum atomic E-state index is 12.0. The summed E-state index contributed by atoms with van der Waals surface area (Å²) in [5, 5.41) is 13.0. The fourth-order valence-corrected chi connectivity index (χ4v) is 2.45. The molecule has 1 aromatic carbocycles. The second-order valence-electron chi connectivity index (χ2n) is 5.93. The van der Waals surface area contributed by atoms with E-state index in [9.17, 15) is 4.79 Å². The first-order chi connectivity index (χ1) is 13.6. The quantitative estimate of drug-likeness (QED) is 0.518. The molecule has 3 N–H and O–H groups in total. The number of urea groups is 1. The van der Waals surface area contributed by atoms with Crippen LogP contribution in [0, 0.1) is 6.92 Å². The summed E-state index contributed by atoms with van der Waals surface area (Å²) in [6.45, 7) is 5.40. The van der Waals surface area contributed by atoms with E-state index < -0.39 is 0 Å². The van der Waals surface area contributed by atoms with Crippen molar-refractivity contribution in [3.63, 3.8) is 0 Å². The van der Waals surface area contributed by atoms with Crippen LogP contribution in [0.15, 0.2) is 48.9 Å². The molecule has 0 aliphatic rings. The first kappa shape index (κ1) is 19.2. The highest BCUT2D eigenvalue weighted by Gasteiger charge is 2.04. The number of carbonyl (C=O) groups excluding carboxylic acids is 1. The van der Waals surface area contributed by atoms with Gasteiger partial charge >= 0.3 is 6.03 Å². The summed E-state index contributed by atoms with van der Waals surface area (Å²) in [7, 11) is 0. The standard InChI is InChI=1S/C19H23N7O2/c1-3-28-16-6-4-15(5-7-16)24-19(27)21-10-9-20-17-12-18(23-13-22-17)26-11-8-14(2)25-26/h4-8,11-13H,3,9-10H2,1-2H3,(H,20,22,23)(H2,21,24,27). The highest BCUT2D eigenvalue weighted by Crippen LogP contribution is 2.15. The summed E-state index contributed by atoms with van der Waals surface area (Å²) in [5.74, 6) is 2.10. The summed E-state index contributed by atoms with van der Waals surface area (Å²) < 4.78 is 7.06. The Bertz CT molecular complexity index is 909. The molecule has 9 nitrogen and oxygen atoms in total. The van der Waals surface area contributed by atoms with Crippen molar-refractivity contribution in [2.75, 3.05) is 30.3 Å². The van der Waals surface area contributed by atoms with E-state index in [4.69, 9.17) is 4.74 Å². The van der Waals surface area contributed by atoms with Gasteiger partial charge in [-0.2, -0.15) is 5.10 Å². The van der Waals surface area contributed by atoms with Crippen LogP contribution in [-0.2, 0) is 0 Å². The van der Waals surface area contributed by atoms with E-state index >= 15 is 0 Å². The molecule has 146 valence electrons. The Balaban J connectivity index is 1.42. The van der Waals surface area contributed by atoms with Crippen molar-refractivity contribution >= 4 is 17.5 Å². The molecule has 2 aromatic heterocycles. The fraction of sp³-hybridized carbons (Fsp3) is 0.263. The minimum Gasteiger partial charge on any atom is -0.494 e. The molecule has 0 radical (unpaired) electrons. The Kier molecular flexibility index (Phi) is 6.40. The predicted molar refractivity (Wildman–Crippen MR) is 107 cm³/mol. The molecule has 0 aliphatic heterocycles. The lowest BCUT2D eigenvalue weighted by Gasteiger charge is -2.10. The molecule has 28 heavy (non-hydrogen) atoms. The van der Waals surface area contributed by atoms with Gasteiger partial charge in [-0.3, -0.25) is 0 Å². The average molecular weight is 381 g/mol. The average Bonchev–Trinajstić information content (AvgIpc) is 3.14. The Morgan fingerprint density at radius 1 is 1.14 bits per heavy atom. The summed E-state index contributed by atoms with van der Waals surface area (Å²) in [4.78, 5) is 20.3. The first-order valence-corrected chi connectivity index (χ1v) is 9.00. The van der Waals surface area contributed by atoms with E-state index in [1.165, 1.54) is 6.33 Å². The van der Waals surface area contributed by atoms with Crippen molar-refractivity contribution in [1.82, 2.24) is 25.1 Å². The number of hydrogen-bond acceptors (Lipinski definition) is 6. The van der Waals surface area contributed by atoms with Crippen LogP contribution in [0.1, 0.15) is 12.6 Å². The van der Waals surface area contributed by atoms with Crippen LogP contribution in [0.5, 0.6) is 5.75 Å². The monoisotopic (exact) mass is 381 g/mol. The van der Waals surface area contributed by atoms with E-state index in [1.807, 2.05) is 38.2 Å². The van der Waals surface area contributed by atoms with Gasteiger partial charge < -0.3 is 20.7 Å². The number of amides is 2. The van der Waals surface area contributed by atoms with E-state index in [-0.39, 0.29) is 6.03 Å². The van der Waals surface area contributed by atoms with Gasteiger partial charge in [-0.25, -0.2) is 19.4 Å². The zero-order chi connectivity index (χ0) is 19.8. The van der Waals surface area contributed by atoms with Crippen molar-refractivity contribution in [3.8, 4) is 11.6 Å². The zero-order valence-electron chi connectivity index (χ0n) is 15.8. The van der Waals surface area contributed by atoms with Gasteiger partial charge in [0.2, 0.25) is 0 Å². The van der Waals surface area contributed by atoms with Crippen LogP contribution in [0.25, 0.3) is 5.82 Å². The van der Waals surface area contributed by atoms with Gasteiger partial charge in [0.15, 0.2) is 5.82 Å². The Morgan fingerprint density at radius 2 is 1.96 bits per heavy atom. The number of aromatic nitrogens is 4. The second-order valence-corrected chi connectivity index (χ2v) is 5.93. The van der Waals surface area contributed by atoms with Gasteiger partial charge in [0, 0.05) is 31.0 Å². The highest BCUT2D eigenvalue weighted by molar-refractivity contribution is 5.89. The molecule has 0 unspecified atom stereocenters. The Morgan fingerprint density at radius 3 is 2.68 bits per heavy atom. The third-order valence-corrected chi connectivity index (χ3v) is 3.75. The van der Waals surface area contributed by atoms with Gasteiger partial charge in [0.05, 0.1) is 12.3 Å². The number of nitrogens with zero attached hydrogens (tertiary/aromatic N) is 4. The van der Waals surface area contributed by atoms with E-state index in [0.717, 1.165) is 11.4 Å². The number of carbonyl (C=O) groups is 1. The number of ether oxygens (including phenoxy) is 1. The molecule has 9 heteroatoms. The van der Waals surface area contributed by atoms with E-state index in [0.29, 0.717) is 37.0 Å². The van der Waals surface area contributed by atoms with Gasteiger partial charge in [-0.1, -0.05) is 0 Å². The molecule has 0 saturated carbocycles. The topological polar surface area (TPSA) is 106 Å². The Labute approximate surface area is 163 Å². The van der Waals surface area contributed by atoms with E-state index in [2.05, 4.69) is 31.0 Å². The molecule has 0 atom stereocenters. The number of rotatable bonds is 8. The number of anilines is 2. The molecule has 0 bridgehead atoms. The molecule has 0 fully saturated rings. The van der Waals surface area contributed by atoms with Crippen LogP contribution in [0.2, 0.25) is 0 Å². The normalized spacial score (nSPS) is 10.4. The molecule has 2 amide bonds. The van der Waals surface area contributed by atoms with Crippen LogP contribution < -0.4 is 20.7 Å². The third-order valence-electron chi connectivity index (χ3n) is 3.75. The highest BCUT2D eigenvalue weighted by atomic mass is 16.5. The molecular weight excluding hydrogens is 358 g/mol. The smallest absolute Gasteiger partial charge is 0.319 e. The number of hydrogen-bond donors (Lipinski definition) is 3. The fourth-order valence-electron chi connectivity index (χ4n) is 2.45. The third kappa shape index (κ3) is 5.44. The van der Waals surface area contributed by atoms with Gasteiger partial charge in [-0.15, -0.1) is 0 Å². The molecule has 3 rings (SSSR count). The molecule has 3 aromatic rings. The van der Waals surface area contributed by atoms with Crippen LogP contribution >= 0.6 is 0 Å². The lowest BCUT2D eigenvalue weighted by Crippen LogP contribution is -2.32. The summed E-state index contributed by atoms with van der Waals surface area (Å²) in [5.41, 5.74) is 1.61. The van der Waals surface area contributed by atoms with Crippen molar-refractivity contribution < 1.29 is 9.53 Å². The van der Waals surface area contributed by atoms with Crippen LogP contribution in [0.4, 0.5) is 16.3 Å². The summed E-state index contributed by atoms with van der Waals surface area (Å²) in [6.07, 6.45) is 3.31. The summed E-state index contributed by atoms with van der Waals surface area (Å²) >= 11 is 0. The molecule has 0 spiro atoms. The number of aryl methyl sites for hydroxylation is 1. The van der Waals surface area contributed by atoms with Gasteiger partial charge in [-0.05, 0) is 44.2 Å². The largest absolute Gasteiger partial charge is 0.494 e. The van der Waals surface area contributed by atoms with E-state index in [1.54, 1.807) is 22.9 Å². The minimum atomic E-state index is -0.277. The molecule has 2 heterocycles. The minimum absolute atomic E-state index is 0.277. The number of benzene rings is 1. The van der Waals surface area contributed by atoms with Gasteiger partial charge in [0.25, 0.3) is 0 Å². The SMILES string of the molecule is CCOc1ccc(NC(=O)NCCNc2cc(-n3ccc(C)n3)ncn2)cc1. The number of nitrogens with one attached hydrogen (secondary N) is 3. The summed E-state index contributed by atoms with van der Waals surface area (Å²) in [6, 6.07) is 10.6. The first-order valence-electron chi connectivity index (χ1n) is 9.00. The maximum Gasteiger partial charge on any atom is 0.319 e. The van der Waals surface area contributed by atoms with Crippen LogP contribution in [0.3, 0.4) is 0 Å². The maximum absolute atomic E-state index is 12.0. The lowest BCUT2D eigenvalue weighted by atomic mass is 10.3. The second kappa shape index (κ2) is 9.36. The predicted octanol–water partition coefficient (Wildman–Crippen LogP) is 2.60. The zero-order valence-corrected chi connectivity index (χ0v) is 15.8. The van der Waals surface area contributed by atoms with Crippen molar-refractivity contribution in [1.29, 1.82) is 0 Å². The van der Waals surface area contributed by atoms with Crippen LogP contribution in [-0.4, -0.2) is 45.5 Å². The van der Waals surface area contributed by atoms with Crippen molar-refractivity contribution in [2.45, 2.75) is 13.8 Å². The Hall–Kier alpha value is -3.62. The van der Waals surface area contributed by atoms with Crippen molar-refractivity contribution in [2.24, 2.45) is 0 Å². The van der Waals surface area contributed by atoms with Gasteiger partial charge in [0.1, 0.15) is 17.9 Å². The van der Waals surface area contributed by atoms with Crippen molar-refractivity contribution in [3.05, 3.63) is 54.6 Å². The molecule has 0 saturated heterocycles. The molecule has 0 aliphatic carbocycles.